The Morgan fingerprint density at radius 2 is 1.96 bits per heavy atom. The highest BCUT2D eigenvalue weighted by molar-refractivity contribution is 5.99. The molecule has 1 saturated carbocycles. The van der Waals surface area contributed by atoms with E-state index in [0.29, 0.717) is 25.9 Å². The first kappa shape index (κ1) is 21.5. The van der Waals surface area contributed by atoms with E-state index in [0.717, 1.165) is 31.4 Å². The molecule has 1 aliphatic carbocycles. The standard InChI is InChI=1S/C18H22F3N3O2.ClH/c19-18(20,21)13-7-12(8-14(9-13)24-6-2-5-16(24)25)17(26)23-15-4-1-3-11(15)10-22;/h7-9,11,15H,1-6,10,22H2,(H,23,26);1H. The van der Waals surface area contributed by atoms with Crippen molar-refractivity contribution in [1.29, 1.82) is 0 Å². The number of carbonyl (C=O) groups is 2. The van der Waals surface area contributed by atoms with Gasteiger partial charge in [-0.05, 0) is 49.9 Å². The summed E-state index contributed by atoms with van der Waals surface area (Å²) in [6, 6.07) is 3.00. The topological polar surface area (TPSA) is 75.4 Å². The zero-order valence-corrected chi connectivity index (χ0v) is 15.5. The van der Waals surface area contributed by atoms with Crippen molar-refractivity contribution in [3.8, 4) is 0 Å². The largest absolute Gasteiger partial charge is 0.416 e. The molecule has 2 amide bonds. The number of amides is 2. The molecule has 1 aliphatic heterocycles. The van der Waals surface area contributed by atoms with Gasteiger partial charge in [-0.3, -0.25) is 9.59 Å². The third kappa shape index (κ3) is 4.73. The highest BCUT2D eigenvalue weighted by Gasteiger charge is 2.34. The lowest BCUT2D eigenvalue weighted by Gasteiger charge is -2.22. The van der Waals surface area contributed by atoms with E-state index in [2.05, 4.69) is 5.32 Å². The zero-order valence-electron chi connectivity index (χ0n) is 14.7. The van der Waals surface area contributed by atoms with Crippen molar-refractivity contribution in [2.24, 2.45) is 11.7 Å². The van der Waals surface area contributed by atoms with Crippen molar-refractivity contribution in [1.82, 2.24) is 5.32 Å². The summed E-state index contributed by atoms with van der Waals surface area (Å²) in [5, 5.41) is 2.81. The number of nitrogens with two attached hydrogens (primary N) is 1. The van der Waals surface area contributed by atoms with Gasteiger partial charge < -0.3 is 16.0 Å². The fourth-order valence-corrected chi connectivity index (χ4v) is 3.74. The molecule has 1 aromatic carbocycles. The van der Waals surface area contributed by atoms with Gasteiger partial charge in [0, 0.05) is 30.3 Å². The van der Waals surface area contributed by atoms with Gasteiger partial charge in [0.1, 0.15) is 0 Å². The third-order valence-corrected chi connectivity index (χ3v) is 5.17. The van der Waals surface area contributed by atoms with Gasteiger partial charge in [0.2, 0.25) is 5.91 Å². The van der Waals surface area contributed by atoms with Crippen LogP contribution in [0.2, 0.25) is 0 Å². The van der Waals surface area contributed by atoms with E-state index in [4.69, 9.17) is 5.73 Å². The van der Waals surface area contributed by atoms with Gasteiger partial charge in [0.05, 0.1) is 5.56 Å². The first-order valence-corrected chi connectivity index (χ1v) is 8.83. The van der Waals surface area contributed by atoms with E-state index in [1.165, 1.54) is 11.0 Å². The molecule has 2 fully saturated rings. The predicted molar refractivity (Wildman–Crippen MR) is 97.9 cm³/mol. The fraction of sp³-hybridized carbons (Fsp3) is 0.556. The van der Waals surface area contributed by atoms with Crippen LogP contribution in [0.1, 0.15) is 48.0 Å². The van der Waals surface area contributed by atoms with Crippen LogP contribution in [0.15, 0.2) is 18.2 Å². The highest BCUT2D eigenvalue weighted by atomic mass is 35.5. The van der Waals surface area contributed by atoms with E-state index in [9.17, 15) is 22.8 Å². The minimum atomic E-state index is -4.60. The Morgan fingerprint density at radius 1 is 1.22 bits per heavy atom. The van der Waals surface area contributed by atoms with Crippen LogP contribution in [-0.2, 0) is 11.0 Å². The third-order valence-electron chi connectivity index (χ3n) is 5.17. The number of benzene rings is 1. The second kappa shape index (κ2) is 8.48. The molecule has 3 N–H and O–H groups in total. The quantitative estimate of drug-likeness (QED) is 0.808. The number of nitrogens with zero attached hydrogens (tertiary/aromatic N) is 1. The van der Waals surface area contributed by atoms with E-state index in [1.54, 1.807) is 0 Å². The molecule has 0 spiro atoms. The Hall–Kier alpha value is -1.80. The predicted octanol–water partition coefficient (Wildman–Crippen LogP) is 3.11. The van der Waals surface area contributed by atoms with Crippen LogP contribution in [-0.4, -0.2) is 30.9 Å². The highest BCUT2D eigenvalue weighted by Crippen LogP contribution is 2.34. The summed E-state index contributed by atoms with van der Waals surface area (Å²) < 4.78 is 39.8. The van der Waals surface area contributed by atoms with Crippen LogP contribution >= 0.6 is 12.4 Å². The normalized spacial score (nSPS) is 22.7. The van der Waals surface area contributed by atoms with Gasteiger partial charge in [0.15, 0.2) is 0 Å². The summed E-state index contributed by atoms with van der Waals surface area (Å²) in [7, 11) is 0. The van der Waals surface area contributed by atoms with Gasteiger partial charge in [-0.15, -0.1) is 12.4 Å². The maximum Gasteiger partial charge on any atom is 0.416 e. The lowest BCUT2D eigenvalue weighted by Crippen LogP contribution is -2.40. The number of alkyl halides is 3. The van der Waals surface area contributed by atoms with Crippen molar-refractivity contribution < 1.29 is 22.8 Å². The maximum absolute atomic E-state index is 13.3. The molecule has 2 unspecified atom stereocenters. The van der Waals surface area contributed by atoms with Crippen LogP contribution in [0.3, 0.4) is 0 Å². The van der Waals surface area contributed by atoms with Gasteiger partial charge >= 0.3 is 6.18 Å². The molecule has 0 bridgehead atoms. The lowest BCUT2D eigenvalue weighted by molar-refractivity contribution is -0.137. The molecule has 1 aromatic rings. The van der Waals surface area contributed by atoms with E-state index in [1.807, 2.05) is 0 Å². The Balaban J connectivity index is 0.00000261. The molecule has 150 valence electrons. The zero-order chi connectivity index (χ0) is 18.9. The van der Waals surface area contributed by atoms with Gasteiger partial charge in [-0.2, -0.15) is 13.2 Å². The number of rotatable bonds is 4. The van der Waals surface area contributed by atoms with Gasteiger partial charge in [-0.1, -0.05) is 6.42 Å². The Morgan fingerprint density at radius 3 is 2.56 bits per heavy atom. The fourth-order valence-electron chi connectivity index (χ4n) is 3.74. The number of hydrogen-bond donors (Lipinski definition) is 2. The van der Waals surface area contributed by atoms with Crippen LogP contribution in [0.25, 0.3) is 0 Å². The van der Waals surface area contributed by atoms with Crippen LogP contribution in [0.4, 0.5) is 18.9 Å². The average Bonchev–Trinajstić information content (AvgIpc) is 3.22. The van der Waals surface area contributed by atoms with Crippen molar-refractivity contribution in [2.45, 2.75) is 44.3 Å². The SMILES string of the molecule is Cl.NCC1CCCC1NC(=O)c1cc(N2CCCC2=O)cc(C(F)(F)F)c1. The molecule has 1 heterocycles. The molecule has 3 rings (SSSR count). The van der Waals surface area contributed by atoms with E-state index >= 15 is 0 Å². The molecule has 0 radical (unpaired) electrons. The molecule has 5 nitrogen and oxygen atoms in total. The van der Waals surface area contributed by atoms with Crippen LogP contribution in [0.5, 0.6) is 0 Å². The Kier molecular flexibility index (Phi) is 6.75. The number of carbonyl (C=O) groups excluding carboxylic acids is 2. The summed E-state index contributed by atoms with van der Waals surface area (Å²) in [6.45, 7) is 0.792. The average molecular weight is 406 g/mol. The number of hydrogen-bond acceptors (Lipinski definition) is 3. The first-order valence-electron chi connectivity index (χ1n) is 8.83. The monoisotopic (exact) mass is 405 g/mol. The Labute approximate surface area is 161 Å². The van der Waals surface area contributed by atoms with Crippen LogP contribution < -0.4 is 16.0 Å². The molecule has 1 saturated heterocycles. The molecule has 0 aromatic heterocycles. The number of anilines is 1. The summed E-state index contributed by atoms with van der Waals surface area (Å²) in [4.78, 5) is 25.8. The maximum atomic E-state index is 13.3. The molecule has 2 aliphatic rings. The summed E-state index contributed by atoms with van der Waals surface area (Å²) in [5.41, 5.74) is 4.80. The number of halogens is 4. The van der Waals surface area contributed by atoms with Crippen molar-refractivity contribution >= 4 is 29.9 Å². The van der Waals surface area contributed by atoms with E-state index < -0.39 is 17.6 Å². The summed E-state index contributed by atoms with van der Waals surface area (Å²) in [5.74, 6) is -0.645. The van der Waals surface area contributed by atoms with E-state index in [-0.39, 0.29) is 41.5 Å². The smallest absolute Gasteiger partial charge is 0.349 e. The number of nitrogens with one attached hydrogen (secondary N) is 1. The summed E-state index contributed by atoms with van der Waals surface area (Å²) >= 11 is 0. The van der Waals surface area contributed by atoms with Crippen molar-refractivity contribution in [3.63, 3.8) is 0 Å². The molecule has 27 heavy (non-hydrogen) atoms. The van der Waals surface area contributed by atoms with Crippen molar-refractivity contribution in [2.75, 3.05) is 18.0 Å². The van der Waals surface area contributed by atoms with Gasteiger partial charge in [0.25, 0.3) is 5.91 Å². The molecular formula is C18H23ClF3N3O2. The van der Waals surface area contributed by atoms with Crippen LogP contribution in [0, 0.1) is 5.92 Å². The first-order chi connectivity index (χ1) is 12.3. The summed E-state index contributed by atoms with van der Waals surface area (Å²) in [6.07, 6.45) is -1.10. The molecular weight excluding hydrogens is 383 g/mol. The minimum Gasteiger partial charge on any atom is -0.349 e. The van der Waals surface area contributed by atoms with Crippen molar-refractivity contribution in [3.05, 3.63) is 29.3 Å². The second-order valence-electron chi connectivity index (χ2n) is 6.92. The molecule has 2 atom stereocenters. The second-order valence-corrected chi connectivity index (χ2v) is 6.92. The minimum absolute atomic E-state index is 0. The molecule has 9 heteroatoms. The Bertz CT molecular complexity index is 712. The van der Waals surface area contributed by atoms with Gasteiger partial charge in [-0.25, -0.2) is 0 Å². The lowest BCUT2D eigenvalue weighted by atomic mass is 10.0.